The van der Waals surface area contributed by atoms with Gasteiger partial charge in [0.05, 0.1) is 0 Å². The van der Waals surface area contributed by atoms with E-state index < -0.39 is 0 Å². The lowest BCUT2D eigenvalue weighted by Gasteiger charge is -2.00. The Morgan fingerprint density at radius 1 is 1.21 bits per heavy atom. The Morgan fingerprint density at radius 3 is 2.71 bits per heavy atom. The zero-order valence-corrected chi connectivity index (χ0v) is 9.82. The molecule has 0 bridgehead atoms. The lowest BCUT2D eigenvalue weighted by atomic mass is 10.2. The van der Waals surface area contributed by atoms with Crippen LogP contribution in [0.4, 0.5) is 0 Å². The highest BCUT2D eigenvalue weighted by Gasteiger charge is 1.92. The monoisotopic (exact) mass is 225 g/mol. The molecule has 14 heavy (non-hydrogen) atoms. The van der Waals surface area contributed by atoms with Gasteiger partial charge in [-0.05, 0) is 35.3 Å². The Hall–Kier alpha value is -0.410. The van der Waals surface area contributed by atoms with Crippen molar-refractivity contribution in [3.8, 4) is 0 Å². The van der Waals surface area contributed by atoms with Gasteiger partial charge in [-0.2, -0.15) is 11.8 Å². The van der Waals surface area contributed by atoms with Crippen LogP contribution < -0.4 is 0 Å². The van der Waals surface area contributed by atoms with Gasteiger partial charge in [0.2, 0.25) is 0 Å². The van der Waals surface area contributed by atoms with Gasteiger partial charge in [-0.25, -0.2) is 0 Å². The molecule has 0 saturated heterocycles. The third-order valence-electron chi connectivity index (χ3n) is 1.75. The average Bonchev–Trinajstić information content (AvgIpc) is 2.25. The molecule has 76 valence electrons. The van der Waals surface area contributed by atoms with Crippen molar-refractivity contribution in [2.24, 2.45) is 0 Å². The number of thioether (sulfide) groups is 2. The third-order valence-corrected chi connectivity index (χ3v) is 3.67. The molecule has 0 saturated carbocycles. The second kappa shape index (κ2) is 7.94. The molecule has 1 rings (SSSR count). The van der Waals surface area contributed by atoms with E-state index >= 15 is 0 Å². The SMILES string of the molecule is C=CSCCSCCc1ccncc1. The van der Waals surface area contributed by atoms with E-state index in [4.69, 9.17) is 0 Å². The quantitative estimate of drug-likeness (QED) is 0.661. The first-order valence-electron chi connectivity index (χ1n) is 4.62. The predicted octanol–water partition coefficient (Wildman–Crippen LogP) is 3.23. The van der Waals surface area contributed by atoms with Crippen LogP contribution in [0.5, 0.6) is 0 Å². The topological polar surface area (TPSA) is 12.9 Å². The van der Waals surface area contributed by atoms with Gasteiger partial charge >= 0.3 is 0 Å². The van der Waals surface area contributed by atoms with Crippen molar-refractivity contribution in [3.63, 3.8) is 0 Å². The van der Waals surface area contributed by atoms with E-state index in [0.29, 0.717) is 0 Å². The number of nitrogens with zero attached hydrogens (tertiary/aromatic N) is 1. The number of rotatable bonds is 7. The molecule has 0 aliphatic rings. The molecule has 0 spiro atoms. The average molecular weight is 225 g/mol. The molecular formula is C11H15NS2. The Bertz CT molecular complexity index is 249. The first-order chi connectivity index (χ1) is 6.93. The van der Waals surface area contributed by atoms with Crippen molar-refractivity contribution < 1.29 is 0 Å². The number of aromatic nitrogens is 1. The maximum absolute atomic E-state index is 3.99. The molecule has 0 aliphatic carbocycles. The highest BCUT2D eigenvalue weighted by molar-refractivity contribution is 8.04. The molecule has 3 heteroatoms. The molecule has 0 aromatic carbocycles. The minimum atomic E-state index is 1.14. The van der Waals surface area contributed by atoms with Crippen molar-refractivity contribution in [2.75, 3.05) is 17.3 Å². The van der Waals surface area contributed by atoms with Crippen LogP contribution in [0.1, 0.15) is 5.56 Å². The highest BCUT2D eigenvalue weighted by atomic mass is 32.2. The number of hydrogen-bond acceptors (Lipinski definition) is 3. The molecule has 0 N–H and O–H groups in total. The van der Waals surface area contributed by atoms with Gasteiger partial charge in [-0.3, -0.25) is 4.98 Å². The van der Waals surface area contributed by atoms with E-state index in [-0.39, 0.29) is 0 Å². The summed E-state index contributed by atoms with van der Waals surface area (Å²) in [5, 5.41) is 1.91. The van der Waals surface area contributed by atoms with Crippen molar-refractivity contribution in [2.45, 2.75) is 6.42 Å². The summed E-state index contributed by atoms with van der Waals surface area (Å²) < 4.78 is 0. The van der Waals surface area contributed by atoms with Crippen molar-refractivity contribution in [3.05, 3.63) is 42.1 Å². The summed E-state index contributed by atoms with van der Waals surface area (Å²) in [5.74, 6) is 3.58. The fraction of sp³-hybridized carbons (Fsp3) is 0.364. The van der Waals surface area contributed by atoms with Crippen molar-refractivity contribution in [1.82, 2.24) is 4.98 Å². The zero-order chi connectivity index (χ0) is 10.1. The minimum Gasteiger partial charge on any atom is -0.265 e. The third kappa shape index (κ3) is 5.35. The summed E-state index contributed by atoms with van der Waals surface area (Å²) >= 11 is 3.79. The highest BCUT2D eigenvalue weighted by Crippen LogP contribution is 2.09. The summed E-state index contributed by atoms with van der Waals surface area (Å²) in [4.78, 5) is 3.99. The van der Waals surface area contributed by atoms with E-state index in [9.17, 15) is 0 Å². The molecular weight excluding hydrogens is 210 g/mol. The van der Waals surface area contributed by atoms with Gasteiger partial charge in [0.25, 0.3) is 0 Å². The van der Waals surface area contributed by atoms with Gasteiger partial charge in [-0.15, -0.1) is 11.8 Å². The van der Waals surface area contributed by atoms with Gasteiger partial charge in [0.1, 0.15) is 0 Å². The van der Waals surface area contributed by atoms with Crippen molar-refractivity contribution in [1.29, 1.82) is 0 Å². The van der Waals surface area contributed by atoms with Crippen LogP contribution in [0.15, 0.2) is 36.5 Å². The first kappa shape index (κ1) is 11.7. The van der Waals surface area contributed by atoms with Crippen molar-refractivity contribution >= 4 is 23.5 Å². The summed E-state index contributed by atoms with van der Waals surface area (Å²) in [6.45, 7) is 3.67. The lowest BCUT2D eigenvalue weighted by molar-refractivity contribution is 1.13. The fourth-order valence-corrected chi connectivity index (χ4v) is 2.64. The molecule has 1 nitrogen and oxygen atoms in total. The number of aryl methyl sites for hydroxylation is 1. The largest absolute Gasteiger partial charge is 0.265 e. The molecule has 0 fully saturated rings. The van der Waals surface area contributed by atoms with Crippen LogP contribution in [0.2, 0.25) is 0 Å². The Morgan fingerprint density at radius 2 is 2.00 bits per heavy atom. The number of pyridine rings is 1. The summed E-state index contributed by atoms with van der Waals surface area (Å²) in [6.07, 6.45) is 4.85. The first-order valence-corrected chi connectivity index (χ1v) is 6.83. The lowest BCUT2D eigenvalue weighted by Crippen LogP contribution is -1.91. The smallest absolute Gasteiger partial charge is 0.0270 e. The predicted molar refractivity (Wildman–Crippen MR) is 67.9 cm³/mol. The van der Waals surface area contributed by atoms with Gasteiger partial charge in [0, 0.05) is 23.9 Å². The molecule has 0 radical (unpaired) electrons. The Labute approximate surface area is 94.4 Å². The second-order valence-corrected chi connectivity index (χ2v) is 5.05. The van der Waals surface area contributed by atoms with Crippen LogP contribution in [0.25, 0.3) is 0 Å². The van der Waals surface area contributed by atoms with Gasteiger partial charge < -0.3 is 0 Å². The molecule has 0 amide bonds. The van der Waals surface area contributed by atoms with Crippen LogP contribution in [-0.2, 0) is 6.42 Å². The second-order valence-electron chi connectivity index (χ2n) is 2.76. The maximum atomic E-state index is 3.99. The van der Waals surface area contributed by atoms with Crippen LogP contribution in [0.3, 0.4) is 0 Å². The van der Waals surface area contributed by atoms with Crippen LogP contribution >= 0.6 is 23.5 Å². The molecule has 0 atom stereocenters. The standard InChI is InChI=1S/C11H15NS2/c1-2-13-9-10-14-8-5-11-3-6-12-7-4-11/h2-4,6-7H,1,5,8-10H2. The summed E-state index contributed by atoms with van der Waals surface area (Å²) in [6, 6.07) is 4.16. The summed E-state index contributed by atoms with van der Waals surface area (Å²) in [7, 11) is 0. The van der Waals surface area contributed by atoms with E-state index in [1.165, 1.54) is 22.8 Å². The van der Waals surface area contributed by atoms with E-state index in [2.05, 4.69) is 23.7 Å². The van der Waals surface area contributed by atoms with Gasteiger partial charge in [0.15, 0.2) is 0 Å². The minimum absolute atomic E-state index is 1.14. The van der Waals surface area contributed by atoms with E-state index in [1.807, 2.05) is 29.6 Å². The maximum Gasteiger partial charge on any atom is 0.0270 e. The van der Waals surface area contributed by atoms with Gasteiger partial charge in [-0.1, -0.05) is 6.58 Å². The Kier molecular flexibility index (Phi) is 6.62. The molecule has 1 aromatic heterocycles. The summed E-state index contributed by atoms with van der Waals surface area (Å²) in [5.41, 5.74) is 1.38. The molecule has 1 heterocycles. The van der Waals surface area contributed by atoms with E-state index in [1.54, 1.807) is 11.8 Å². The fourth-order valence-electron chi connectivity index (χ4n) is 1.03. The number of hydrogen-bond donors (Lipinski definition) is 0. The van der Waals surface area contributed by atoms with Crippen LogP contribution in [-0.4, -0.2) is 22.2 Å². The zero-order valence-electron chi connectivity index (χ0n) is 8.19. The molecule has 1 aromatic rings. The van der Waals surface area contributed by atoms with E-state index in [0.717, 1.165) is 6.42 Å². The van der Waals surface area contributed by atoms with Crippen LogP contribution in [0, 0.1) is 0 Å². The Balaban J connectivity index is 2.02. The molecule has 0 aliphatic heterocycles. The molecule has 0 unspecified atom stereocenters. The normalized spacial score (nSPS) is 10.0.